The number of benzene rings is 1. The molecule has 1 saturated heterocycles. The van der Waals surface area contributed by atoms with Crippen molar-refractivity contribution < 1.29 is 19.5 Å². The van der Waals surface area contributed by atoms with Crippen LogP contribution in [0.4, 0.5) is 0 Å². The summed E-state index contributed by atoms with van der Waals surface area (Å²) in [6, 6.07) is 4.75. The number of thioether (sulfide) groups is 1. The first-order valence-electron chi connectivity index (χ1n) is 6.57. The van der Waals surface area contributed by atoms with Gasteiger partial charge in [-0.05, 0) is 31.2 Å². The number of hydrogen-bond donors (Lipinski definition) is 2. The van der Waals surface area contributed by atoms with Crippen molar-refractivity contribution in [3.63, 3.8) is 0 Å². The maximum absolute atomic E-state index is 12.5. The van der Waals surface area contributed by atoms with Gasteiger partial charge in [0.1, 0.15) is 12.1 Å². The summed E-state index contributed by atoms with van der Waals surface area (Å²) < 4.78 is 0. The Bertz CT molecular complexity index is 593. The van der Waals surface area contributed by atoms with Crippen LogP contribution in [0, 0.1) is 0 Å². The van der Waals surface area contributed by atoms with Gasteiger partial charge in [0, 0.05) is 16.3 Å². The monoisotopic (exact) mass is 342 g/mol. The van der Waals surface area contributed by atoms with E-state index in [0.29, 0.717) is 22.2 Å². The molecule has 0 saturated carbocycles. The highest BCUT2D eigenvalue weighted by Gasteiger charge is 2.36. The summed E-state index contributed by atoms with van der Waals surface area (Å²) in [7, 11) is 0. The van der Waals surface area contributed by atoms with Gasteiger partial charge in [-0.3, -0.25) is 14.4 Å². The number of carbonyl (C=O) groups excluding carboxylic acids is 2. The molecular weight excluding hydrogens is 328 g/mol. The Morgan fingerprint density at radius 3 is 2.59 bits per heavy atom. The molecule has 1 aliphatic heterocycles. The normalized spacial score (nSPS) is 18.8. The van der Waals surface area contributed by atoms with E-state index in [1.807, 2.05) is 0 Å². The average molecular weight is 343 g/mol. The topological polar surface area (TPSA) is 86.7 Å². The van der Waals surface area contributed by atoms with E-state index in [1.54, 1.807) is 24.3 Å². The van der Waals surface area contributed by atoms with E-state index >= 15 is 0 Å². The molecule has 1 aliphatic rings. The maximum atomic E-state index is 12.5. The molecule has 8 heteroatoms. The van der Waals surface area contributed by atoms with Gasteiger partial charge in [-0.2, -0.15) is 0 Å². The van der Waals surface area contributed by atoms with Crippen molar-refractivity contribution in [3.8, 4) is 0 Å². The second kappa shape index (κ2) is 7.02. The lowest BCUT2D eigenvalue weighted by Gasteiger charge is -2.24. The maximum Gasteiger partial charge on any atom is 0.325 e. The van der Waals surface area contributed by atoms with Gasteiger partial charge in [-0.25, -0.2) is 0 Å². The zero-order chi connectivity index (χ0) is 16.3. The summed E-state index contributed by atoms with van der Waals surface area (Å²) in [6.07, 6.45) is 0. The predicted molar refractivity (Wildman–Crippen MR) is 84.0 cm³/mol. The Labute approximate surface area is 136 Å². The first kappa shape index (κ1) is 16.6. The van der Waals surface area contributed by atoms with Crippen LogP contribution in [0.5, 0.6) is 0 Å². The molecule has 0 spiro atoms. The van der Waals surface area contributed by atoms with Gasteiger partial charge in [0.15, 0.2) is 0 Å². The lowest BCUT2D eigenvalue weighted by Crippen LogP contribution is -2.51. The van der Waals surface area contributed by atoms with Crippen LogP contribution in [0.1, 0.15) is 17.3 Å². The Hall–Kier alpha value is -1.73. The first-order chi connectivity index (χ1) is 10.4. The summed E-state index contributed by atoms with van der Waals surface area (Å²) in [5.74, 6) is -1.01. The van der Waals surface area contributed by atoms with Crippen LogP contribution in [0.3, 0.4) is 0 Å². The van der Waals surface area contributed by atoms with E-state index in [4.69, 9.17) is 16.7 Å². The number of halogens is 1. The third-order valence-corrected chi connectivity index (χ3v) is 4.53. The molecule has 2 rings (SSSR count). The highest BCUT2D eigenvalue weighted by Crippen LogP contribution is 2.24. The molecule has 0 aliphatic carbocycles. The number of amides is 2. The molecular formula is C14H15ClN2O4S. The Morgan fingerprint density at radius 2 is 2.00 bits per heavy atom. The molecule has 2 N–H and O–H groups in total. The summed E-state index contributed by atoms with van der Waals surface area (Å²) in [6.45, 7) is 1.38. The number of nitrogens with zero attached hydrogens (tertiary/aromatic N) is 1. The fourth-order valence-electron chi connectivity index (χ4n) is 1.99. The van der Waals surface area contributed by atoms with Crippen LogP contribution in [-0.4, -0.2) is 51.5 Å². The van der Waals surface area contributed by atoms with Crippen LogP contribution in [0.2, 0.25) is 5.02 Å². The largest absolute Gasteiger partial charge is 0.480 e. The molecule has 0 aromatic heterocycles. The predicted octanol–water partition coefficient (Wildman–Crippen LogP) is 1.44. The molecule has 6 nitrogen and oxygen atoms in total. The average Bonchev–Trinajstić information content (AvgIpc) is 2.96. The van der Waals surface area contributed by atoms with Gasteiger partial charge in [-0.15, -0.1) is 11.8 Å². The molecule has 2 amide bonds. The zero-order valence-corrected chi connectivity index (χ0v) is 13.4. The number of rotatable bonds is 4. The van der Waals surface area contributed by atoms with E-state index in [9.17, 15) is 14.4 Å². The highest BCUT2D eigenvalue weighted by molar-refractivity contribution is 7.99. The van der Waals surface area contributed by atoms with E-state index < -0.39 is 24.0 Å². The molecule has 0 radical (unpaired) electrons. The highest BCUT2D eigenvalue weighted by atomic mass is 35.5. The van der Waals surface area contributed by atoms with Crippen LogP contribution >= 0.6 is 23.4 Å². The van der Waals surface area contributed by atoms with Gasteiger partial charge >= 0.3 is 5.97 Å². The fraction of sp³-hybridized carbons (Fsp3) is 0.357. The van der Waals surface area contributed by atoms with Gasteiger partial charge in [0.2, 0.25) is 5.91 Å². The van der Waals surface area contributed by atoms with Crippen molar-refractivity contribution in [1.29, 1.82) is 0 Å². The lowest BCUT2D eigenvalue weighted by molar-refractivity contribution is -0.141. The summed E-state index contributed by atoms with van der Waals surface area (Å²) in [4.78, 5) is 36.9. The SMILES string of the molecule is C[C@H](NC(=O)C1CSCN1C(=O)c1ccc(Cl)cc1)C(=O)O. The van der Waals surface area contributed by atoms with Crippen LogP contribution in [-0.2, 0) is 9.59 Å². The molecule has 22 heavy (non-hydrogen) atoms. The summed E-state index contributed by atoms with van der Waals surface area (Å²) in [5, 5.41) is 11.8. The minimum Gasteiger partial charge on any atom is -0.480 e. The molecule has 1 aromatic rings. The number of nitrogens with one attached hydrogen (secondary N) is 1. The van der Waals surface area contributed by atoms with Crippen molar-refractivity contribution in [2.75, 3.05) is 11.6 Å². The standard InChI is InChI=1S/C14H15ClN2O4S/c1-8(14(20)21)16-12(18)11-6-22-7-17(11)13(19)9-2-4-10(15)5-3-9/h2-5,8,11H,6-7H2,1H3,(H,16,18)(H,20,21)/t8-,11?/m0/s1. The second-order valence-electron chi connectivity index (χ2n) is 4.87. The van der Waals surface area contributed by atoms with Crippen molar-refractivity contribution >= 4 is 41.1 Å². The summed E-state index contributed by atoms with van der Waals surface area (Å²) in [5.41, 5.74) is 0.441. The van der Waals surface area contributed by atoms with Gasteiger partial charge < -0.3 is 15.3 Å². The minimum absolute atomic E-state index is 0.273. The quantitative estimate of drug-likeness (QED) is 0.864. The Balaban J connectivity index is 2.09. The number of carbonyl (C=O) groups is 3. The van der Waals surface area contributed by atoms with Crippen molar-refractivity contribution in [2.45, 2.75) is 19.0 Å². The van der Waals surface area contributed by atoms with Crippen molar-refractivity contribution in [2.24, 2.45) is 0 Å². The number of aliphatic carboxylic acids is 1. The smallest absolute Gasteiger partial charge is 0.325 e. The number of carboxylic acid groups (broad SMARTS) is 1. The fourth-order valence-corrected chi connectivity index (χ4v) is 3.27. The number of hydrogen-bond acceptors (Lipinski definition) is 4. The van der Waals surface area contributed by atoms with Gasteiger partial charge in [0.25, 0.3) is 5.91 Å². The molecule has 1 heterocycles. The van der Waals surface area contributed by atoms with Crippen LogP contribution in [0.25, 0.3) is 0 Å². The third kappa shape index (κ3) is 3.72. The van der Waals surface area contributed by atoms with E-state index in [-0.39, 0.29) is 5.91 Å². The minimum atomic E-state index is -1.12. The van der Waals surface area contributed by atoms with Crippen molar-refractivity contribution in [3.05, 3.63) is 34.9 Å². The van der Waals surface area contributed by atoms with Gasteiger partial charge in [-0.1, -0.05) is 11.6 Å². The first-order valence-corrected chi connectivity index (χ1v) is 8.11. The van der Waals surface area contributed by atoms with Crippen LogP contribution < -0.4 is 5.32 Å². The molecule has 118 valence electrons. The molecule has 2 atom stereocenters. The second-order valence-corrected chi connectivity index (χ2v) is 6.30. The van der Waals surface area contributed by atoms with Gasteiger partial charge in [0.05, 0.1) is 5.88 Å². The lowest BCUT2D eigenvalue weighted by atomic mass is 10.1. The molecule has 0 bridgehead atoms. The molecule has 1 aromatic carbocycles. The van der Waals surface area contributed by atoms with Crippen molar-refractivity contribution in [1.82, 2.24) is 10.2 Å². The van der Waals surface area contributed by atoms with E-state index in [2.05, 4.69) is 5.32 Å². The summed E-state index contributed by atoms with van der Waals surface area (Å²) >= 11 is 7.24. The number of carboxylic acids is 1. The zero-order valence-electron chi connectivity index (χ0n) is 11.8. The van der Waals surface area contributed by atoms with E-state index in [0.717, 1.165) is 0 Å². The van der Waals surface area contributed by atoms with Crippen LogP contribution in [0.15, 0.2) is 24.3 Å². The van der Waals surface area contributed by atoms with E-state index in [1.165, 1.54) is 23.6 Å². The Kier molecular flexibility index (Phi) is 5.31. The molecule has 1 fully saturated rings. The Morgan fingerprint density at radius 1 is 1.36 bits per heavy atom. The molecule has 1 unspecified atom stereocenters. The third-order valence-electron chi connectivity index (χ3n) is 3.27.